The maximum atomic E-state index is 2.64. The second-order valence-electron chi connectivity index (χ2n) is 2.61. The normalized spacial score (nSPS) is 15.7. The molecule has 0 unspecified atom stereocenters. The van der Waals surface area contributed by atoms with Gasteiger partial charge in [0.1, 0.15) is 0 Å². The molecule has 0 fully saturated rings. The molecule has 0 radical (unpaired) electrons. The fourth-order valence-corrected chi connectivity index (χ4v) is 5.08. The molecule has 60 valence electrons. The first-order chi connectivity index (χ1) is 5.36. The molecule has 2 heteroatoms. The SMILES string of the molecule is CC[N](CC)[Hf][C]1=CC=CC1. The molecule has 0 aromatic heterocycles. The van der Waals surface area contributed by atoms with Crippen molar-refractivity contribution in [2.75, 3.05) is 13.1 Å². The number of hydrogen-bond acceptors (Lipinski definition) is 1. The Balaban J connectivity index is 2.29. The first-order valence-electron chi connectivity index (χ1n) is 4.24. The van der Waals surface area contributed by atoms with Crippen LogP contribution >= 0.6 is 0 Å². The molecular weight excluding hydrogens is 301 g/mol. The molecule has 11 heavy (non-hydrogen) atoms. The zero-order valence-electron chi connectivity index (χ0n) is 7.30. The van der Waals surface area contributed by atoms with E-state index in [1.165, 1.54) is 19.5 Å². The van der Waals surface area contributed by atoms with Crippen molar-refractivity contribution in [2.45, 2.75) is 20.3 Å². The monoisotopic (exact) mass is 317 g/mol. The van der Waals surface area contributed by atoms with Crippen molar-refractivity contribution in [1.29, 1.82) is 0 Å². The van der Waals surface area contributed by atoms with Crippen LogP contribution in [-0.2, 0) is 23.2 Å². The summed E-state index contributed by atoms with van der Waals surface area (Å²) in [6.07, 6.45) is 8.04. The Hall–Kier alpha value is 0.310. The van der Waals surface area contributed by atoms with Crippen LogP contribution < -0.4 is 0 Å². The minimum atomic E-state index is -0.554. The molecule has 0 aliphatic heterocycles. The Bertz CT molecular complexity index is 168. The summed E-state index contributed by atoms with van der Waals surface area (Å²) in [4.78, 5) is 0. The van der Waals surface area contributed by atoms with E-state index in [1.807, 2.05) is 0 Å². The molecule has 0 saturated heterocycles. The second-order valence-corrected chi connectivity index (χ2v) is 7.99. The second kappa shape index (κ2) is 5.04. The Morgan fingerprint density at radius 3 is 2.64 bits per heavy atom. The summed E-state index contributed by atoms with van der Waals surface area (Å²) in [5.41, 5.74) is 0. The third-order valence-corrected chi connectivity index (χ3v) is 7.61. The molecule has 0 aromatic carbocycles. The molecule has 0 heterocycles. The summed E-state index contributed by atoms with van der Waals surface area (Å²) < 4.78 is 4.38. The summed E-state index contributed by atoms with van der Waals surface area (Å²) in [7, 11) is 0. The van der Waals surface area contributed by atoms with Gasteiger partial charge >= 0.3 is 81.0 Å². The van der Waals surface area contributed by atoms with Crippen molar-refractivity contribution < 1.29 is 23.2 Å². The van der Waals surface area contributed by atoms with Gasteiger partial charge in [-0.25, -0.2) is 0 Å². The molecule has 1 aliphatic carbocycles. The van der Waals surface area contributed by atoms with Crippen molar-refractivity contribution in [3.05, 3.63) is 21.6 Å². The van der Waals surface area contributed by atoms with Gasteiger partial charge in [-0.1, -0.05) is 0 Å². The van der Waals surface area contributed by atoms with Gasteiger partial charge in [0.15, 0.2) is 0 Å². The van der Waals surface area contributed by atoms with Gasteiger partial charge < -0.3 is 0 Å². The molecule has 1 aliphatic rings. The standard InChI is InChI=1S/C5H5.C4H10N.Hf/c1-2-4-5-3-1;1-3-5-4-2;/h1-3H,4H2;3-4H2,1-2H3;/q;-1;+1. The minimum absolute atomic E-state index is 0.554. The number of rotatable bonds is 4. The number of hydrogen-bond donors (Lipinski definition) is 0. The molecule has 0 bridgehead atoms. The van der Waals surface area contributed by atoms with Crippen molar-refractivity contribution in [3.8, 4) is 0 Å². The van der Waals surface area contributed by atoms with Gasteiger partial charge in [0, 0.05) is 0 Å². The van der Waals surface area contributed by atoms with Crippen LogP contribution in [0.3, 0.4) is 0 Å². The Morgan fingerprint density at radius 2 is 2.18 bits per heavy atom. The van der Waals surface area contributed by atoms with Crippen LogP contribution in [0.5, 0.6) is 0 Å². The zero-order valence-corrected chi connectivity index (χ0v) is 10.9. The van der Waals surface area contributed by atoms with Gasteiger partial charge in [-0.2, -0.15) is 0 Å². The van der Waals surface area contributed by atoms with Crippen LogP contribution in [0, 0.1) is 0 Å². The predicted octanol–water partition coefficient (Wildman–Crippen LogP) is 2.17. The average Bonchev–Trinajstić information content (AvgIpc) is 2.52. The predicted molar refractivity (Wildman–Crippen MR) is 44.8 cm³/mol. The van der Waals surface area contributed by atoms with Crippen LogP contribution in [0.4, 0.5) is 0 Å². The molecule has 0 N–H and O–H groups in total. The van der Waals surface area contributed by atoms with Crippen molar-refractivity contribution in [2.24, 2.45) is 0 Å². The van der Waals surface area contributed by atoms with Crippen LogP contribution in [0.2, 0.25) is 0 Å². The van der Waals surface area contributed by atoms with Crippen LogP contribution in [0.15, 0.2) is 21.6 Å². The first-order valence-corrected chi connectivity index (χ1v) is 7.64. The van der Waals surface area contributed by atoms with E-state index >= 15 is 0 Å². The van der Waals surface area contributed by atoms with Gasteiger partial charge in [-0.3, -0.25) is 0 Å². The quantitative estimate of drug-likeness (QED) is 0.719. The molecule has 0 atom stereocenters. The van der Waals surface area contributed by atoms with Crippen molar-refractivity contribution in [3.63, 3.8) is 0 Å². The van der Waals surface area contributed by atoms with E-state index in [0.717, 1.165) is 0 Å². The first kappa shape index (κ1) is 9.40. The van der Waals surface area contributed by atoms with Gasteiger partial charge in [0.05, 0.1) is 0 Å². The molecule has 1 nitrogen and oxygen atoms in total. The third-order valence-electron chi connectivity index (χ3n) is 1.84. The van der Waals surface area contributed by atoms with Crippen LogP contribution in [0.25, 0.3) is 0 Å². The molecule has 0 amide bonds. The molecule has 0 aromatic rings. The zero-order chi connectivity index (χ0) is 8.10. The summed E-state index contributed by atoms with van der Waals surface area (Å²) >= 11 is -0.554. The topological polar surface area (TPSA) is 3.24 Å². The molecule has 0 spiro atoms. The number of nitrogens with zero attached hydrogens (tertiary/aromatic N) is 1. The average molecular weight is 316 g/mol. The molecule has 1 rings (SSSR count). The third kappa shape index (κ3) is 3.04. The summed E-state index contributed by atoms with van der Waals surface area (Å²) in [6.45, 7) is 7.02. The van der Waals surface area contributed by atoms with Crippen molar-refractivity contribution in [1.82, 2.24) is 2.89 Å². The van der Waals surface area contributed by atoms with Crippen LogP contribution in [0.1, 0.15) is 20.3 Å². The molecular formula is C9H15HfN. The van der Waals surface area contributed by atoms with E-state index in [-0.39, 0.29) is 0 Å². The Labute approximate surface area is 80.9 Å². The van der Waals surface area contributed by atoms with E-state index in [4.69, 9.17) is 0 Å². The van der Waals surface area contributed by atoms with E-state index in [0.29, 0.717) is 0 Å². The Morgan fingerprint density at radius 1 is 1.45 bits per heavy atom. The van der Waals surface area contributed by atoms with E-state index in [9.17, 15) is 0 Å². The van der Waals surface area contributed by atoms with Gasteiger partial charge in [-0.15, -0.1) is 0 Å². The van der Waals surface area contributed by atoms with Crippen molar-refractivity contribution >= 4 is 0 Å². The van der Waals surface area contributed by atoms with Crippen LogP contribution in [-0.4, -0.2) is 16.0 Å². The summed E-state index contributed by atoms with van der Waals surface area (Å²) in [5, 5.41) is 0. The van der Waals surface area contributed by atoms with Gasteiger partial charge in [0.2, 0.25) is 0 Å². The van der Waals surface area contributed by atoms with E-state index in [2.05, 4.69) is 35.0 Å². The van der Waals surface area contributed by atoms with Gasteiger partial charge in [-0.05, 0) is 0 Å². The molecule has 0 saturated carbocycles. The Kier molecular flexibility index (Phi) is 4.31. The number of allylic oxidation sites excluding steroid dienone is 4. The van der Waals surface area contributed by atoms with Gasteiger partial charge in [0.25, 0.3) is 0 Å². The fourth-order valence-electron chi connectivity index (χ4n) is 1.11. The fraction of sp³-hybridized carbons (Fsp3) is 0.556. The van der Waals surface area contributed by atoms with E-state index in [1.54, 1.807) is 3.33 Å². The summed E-state index contributed by atoms with van der Waals surface area (Å²) in [5.74, 6) is 0. The maximum absolute atomic E-state index is 2.64. The van der Waals surface area contributed by atoms with E-state index < -0.39 is 23.2 Å². The summed E-state index contributed by atoms with van der Waals surface area (Å²) in [6, 6.07) is 0.